The Morgan fingerprint density at radius 3 is 2.48 bits per heavy atom. The molecular formula is C22H26ClN5O4S. The Balaban J connectivity index is 1.11. The maximum absolute atomic E-state index is 12.8. The number of nitrogens with zero attached hydrogens (tertiary/aromatic N) is 4. The van der Waals surface area contributed by atoms with Crippen molar-refractivity contribution >= 4 is 39.0 Å². The molecule has 0 atom stereocenters. The topological polar surface area (TPSA) is 105 Å². The molecule has 1 aromatic carbocycles. The molecule has 33 heavy (non-hydrogen) atoms. The van der Waals surface area contributed by atoms with Crippen LogP contribution in [0.2, 0.25) is 5.02 Å². The molecule has 0 saturated carbocycles. The van der Waals surface area contributed by atoms with E-state index in [-0.39, 0.29) is 17.4 Å². The molecule has 1 N–H and O–H groups in total. The van der Waals surface area contributed by atoms with Crippen LogP contribution in [0.15, 0.2) is 30.6 Å². The van der Waals surface area contributed by atoms with E-state index in [0.717, 1.165) is 43.7 Å². The van der Waals surface area contributed by atoms with Gasteiger partial charge in [-0.2, -0.15) is 0 Å². The van der Waals surface area contributed by atoms with Crippen molar-refractivity contribution in [1.82, 2.24) is 14.9 Å². The highest BCUT2D eigenvalue weighted by Crippen LogP contribution is 2.45. The molecule has 3 aliphatic heterocycles. The third-order valence-electron chi connectivity index (χ3n) is 6.81. The Bertz CT molecular complexity index is 1140. The standard InChI is InChI=1S/C22H26ClN5O4S/c23-16-1-2-19-18(13-16)22(20(29)26-19)3-5-27(6-4-22)7-10-32-17-14-24-21(25-15-17)28-8-11-33(30,31)12-9-28/h1-2,13-15H,3-12H2,(H,26,29). The fourth-order valence-electron chi connectivity index (χ4n) is 4.79. The number of piperidine rings is 1. The fraction of sp³-hybridized carbons (Fsp3) is 0.500. The molecule has 3 aliphatic rings. The maximum Gasteiger partial charge on any atom is 0.235 e. The van der Waals surface area contributed by atoms with Crippen molar-refractivity contribution in [2.45, 2.75) is 18.3 Å². The van der Waals surface area contributed by atoms with Gasteiger partial charge in [0, 0.05) is 30.3 Å². The van der Waals surface area contributed by atoms with E-state index in [1.54, 1.807) is 18.5 Å². The van der Waals surface area contributed by atoms with Crippen molar-refractivity contribution in [2.75, 3.05) is 61.1 Å². The van der Waals surface area contributed by atoms with Crippen LogP contribution in [-0.2, 0) is 20.0 Å². The van der Waals surface area contributed by atoms with Crippen LogP contribution >= 0.6 is 11.6 Å². The van der Waals surface area contributed by atoms with Crippen LogP contribution in [0.25, 0.3) is 0 Å². The summed E-state index contributed by atoms with van der Waals surface area (Å²) in [5.41, 5.74) is 1.39. The quantitative estimate of drug-likeness (QED) is 0.674. The number of aromatic nitrogens is 2. The number of rotatable bonds is 5. The Morgan fingerprint density at radius 2 is 1.79 bits per heavy atom. The molecule has 0 aliphatic carbocycles. The van der Waals surface area contributed by atoms with Crippen LogP contribution in [-0.4, -0.2) is 80.0 Å². The first-order valence-corrected chi connectivity index (χ1v) is 13.3. The molecule has 11 heteroatoms. The van der Waals surface area contributed by atoms with E-state index >= 15 is 0 Å². The first kappa shape index (κ1) is 22.4. The van der Waals surface area contributed by atoms with Gasteiger partial charge in [-0.1, -0.05) is 11.6 Å². The average molecular weight is 492 g/mol. The highest BCUT2D eigenvalue weighted by atomic mass is 35.5. The number of hydrogen-bond acceptors (Lipinski definition) is 8. The zero-order chi connectivity index (χ0) is 23.1. The predicted molar refractivity (Wildman–Crippen MR) is 126 cm³/mol. The molecule has 2 fully saturated rings. The zero-order valence-corrected chi connectivity index (χ0v) is 19.7. The summed E-state index contributed by atoms with van der Waals surface area (Å²) in [5, 5.41) is 3.66. The molecule has 176 valence electrons. The van der Waals surface area contributed by atoms with Crippen molar-refractivity contribution in [2.24, 2.45) is 0 Å². The van der Waals surface area contributed by atoms with Crippen LogP contribution in [0.4, 0.5) is 11.6 Å². The molecule has 2 saturated heterocycles. The van der Waals surface area contributed by atoms with E-state index in [0.29, 0.717) is 36.4 Å². The van der Waals surface area contributed by atoms with E-state index in [2.05, 4.69) is 20.2 Å². The van der Waals surface area contributed by atoms with Crippen molar-refractivity contribution in [3.8, 4) is 5.75 Å². The van der Waals surface area contributed by atoms with E-state index in [1.165, 1.54) is 0 Å². The lowest BCUT2D eigenvalue weighted by molar-refractivity contribution is -0.122. The number of sulfone groups is 1. The molecule has 0 bridgehead atoms. The van der Waals surface area contributed by atoms with Crippen LogP contribution in [0.3, 0.4) is 0 Å². The summed E-state index contributed by atoms with van der Waals surface area (Å²) in [6, 6.07) is 5.60. The molecule has 4 heterocycles. The zero-order valence-electron chi connectivity index (χ0n) is 18.2. The van der Waals surface area contributed by atoms with Gasteiger partial charge in [-0.3, -0.25) is 9.69 Å². The Hall–Kier alpha value is -2.43. The van der Waals surface area contributed by atoms with E-state index in [4.69, 9.17) is 16.3 Å². The van der Waals surface area contributed by atoms with Gasteiger partial charge in [-0.05, 0) is 49.7 Å². The fourth-order valence-corrected chi connectivity index (χ4v) is 6.17. The Kier molecular flexibility index (Phi) is 5.92. The van der Waals surface area contributed by atoms with Gasteiger partial charge in [0.25, 0.3) is 0 Å². The van der Waals surface area contributed by atoms with Crippen LogP contribution in [0, 0.1) is 0 Å². The number of nitrogens with one attached hydrogen (secondary N) is 1. The second-order valence-corrected chi connectivity index (χ2v) is 11.5. The van der Waals surface area contributed by atoms with Crippen molar-refractivity contribution in [3.05, 3.63) is 41.2 Å². The number of halogens is 1. The van der Waals surface area contributed by atoms with E-state index in [9.17, 15) is 13.2 Å². The normalized spacial score (nSPS) is 21.6. The molecule has 0 unspecified atom stereocenters. The SMILES string of the molecule is O=C1Nc2ccc(Cl)cc2C12CCN(CCOc1cnc(N3CCS(=O)(=O)CC3)nc1)CC2. The smallest absolute Gasteiger partial charge is 0.235 e. The lowest BCUT2D eigenvalue weighted by atomic mass is 9.73. The number of hydrogen-bond donors (Lipinski definition) is 1. The minimum atomic E-state index is -2.94. The summed E-state index contributed by atoms with van der Waals surface area (Å²) in [6.45, 7) is 3.66. The van der Waals surface area contributed by atoms with Crippen LogP contribution in [0.1, 0.15) is 18.4 Å². The van der Waals surface area contributed by atoms with Gasteiger partial charge >= 0.3 is 0 Å². The van der Waals surface area contributed by atoms with Gasteiger partial charge in [0.15, 0.2) is 15.6 Å². The Labute approximate surface area is 198 Å². The predicted octanol–water partition coefficient (Wildman–Crippen LogP) is 1.73. The van der Waals surface area contributed by atoms with Gasteiger partial charge < -0.3 is 15.0 Å². The van der Waals surface area contributed by atoms with Gasteiger partial charge in [-0.15, -0.1) is 0 Å². The number of fused-ring (bicyclic) bond motifs is 2. The summed E-state index contributed by atoms with van der Waals surface area (Å²) in [5.74, 6) is 1.43. The number of amides is 1. The molecule has 0 radical (unpaired) electrons. The van der Waals surface area contributed by atoms with Gasteiger partial charge in [-0.25, -0.2) is 18.4 Å². The lowest BCUT2D eigenvalue weighted by Crippen LogP contribution is -2.47. The number of ether oxygens (including phenoxy) is 1. The molecular weight excluding hydrogens is 466 g/mol. The summed E-state index contributed by atoms with van der Waals surface area (Å²) in [7, 11) is -2.94. The van der Waals surface area contributed by atoms with Gasteiger partial charge in [0.2, 0.25) is 11.9 Å². The summed E-state index contributed by atoms with van der Waals surface area (Å²) >= 11 is 6.19. The second-order valence-electron chi connectivity index (χ2n) is 8.77. The first-order valence-electron chi connectivity index (χ1n) is 11.1. The van der Waals surface area contributed by atoms with Gasteiger partial charge in [0.05, 0.1) is 29.3 Å². The van der Waals surface area contributed by atoms with Crippen LogP contribution in [0.5, 0.6) is 5.75 Å². The highest BCUT2D eigenvalue weighted by molar-refractivity contribution is 7.91. The van der Waals surface area contributed by atoms with Crippen molar-refractivity contribution in [1.29, 1.82) is 0 Å². The number of likely N-dealkylation sites (tertiary alicyclic amines) is 1. The summed E-state index contributed by atoms with van der Waals surface area (Å²) < 4.78 is 29.0. The Morgan fingerprint density at radius 1 is 1.09 bits per heavy atom. The van der Waals surface area contributed by atoms with Crippen molar-refractivity contribution < 1.29 is 17.9 Å². The largest absolute Gasteiger partial charge is 0.489 e. The molecule has 1 aromatic heterocycles. The maximum atomic E-state index is 12.8. The highest BCUT2D eigenvalue weighted by Gasteiger charge is 2.48. The minimum absolute atomic E-state index is 0.0687. The lowest BCUT2D eigenvalue weighted by Gasteiger charge is -2.37. The molecule has 5 rings (SSSR count). The third-order valence-corrected chi connectivity index (χ3v) is 8.65. The van der Waals surface area contributed by atoms with Crippen molar-refractivity contribution in [3.63, 3.8) is 0 Å². The molecule has 1 amide bonds. The van der Waals surface area contributed by atoms with E-state index < -0.39 is 15.3 Å². The van der Waals surface area contributed by atoms with Gasteiger partial charge in [0.1, 0.15) is 6.61 Å². The molecule has 9 nitrogen and oxygen atoms in total. The average Bonchev–Trinajstić information content (AvgIpc) is 3.06. The monoisotopic (exact) mass is 491 g/mol. The minimum Gasteiger partial charge on any atom is -0.489 e. The number of benzene rings is 1. The van der Waals surface area contributed by atoms with Crippen LogP contribution < -0.4 is 15.0 Å². The number of carbonyl (C=O) groups excluding carboxylic acids is 1. The molecule has 2 aromatic rings. The number of anilines is 2. The first-order chi connectivity index (χ1) is 15.8. The summed E-state index contributed by atoms with van der Waals surface area (Å²) in [6.07, 6.45) is 4.74. The summed E-state index contributed by atoms with van der Waals surface area (Å²) in [4.78, 5) is 25.6. The number of carbonyl (C=O) groups is 1. The van der Waals surface area contributed by atoms with E-state index in [1.807, 2.05) is 17.0 Å². The third kappa shape index (κ3) is 4.51. The second kappa shape index (κ2) is 8.73. The molecule has 1 spiro atoms.